The van der Waals surface area contributed by atoms with E-state index >= 15 is 0 Å². The van der Waals surface area contributed by atoms with Crippen LogP contribution in [0.4, 0.5) is 8.78 Å². The summed E-state index contributed by atoms with van der Waals surface area (Å²) in [5.41, 5.74) is 0.647. The molecule has 0 saturated heterocycles. The lowest BCUT2D eigenvalue weighted by molar-refractivity contribution is -0.0498. The predicted molar refractivity (Wildman–Crippen MR) is 77.6 cm³/mol. The molecular weight excluding hydrogens is 292 g/mol. The molecule has 0 saturated carbocycles. The lowest BCUT2D eigenvalue weighted by Crippen LogP contribution is -2.25. The molecule has 0 amide bonds. The quantitative estimate of drug-likeness (QED) is 0.851. The minimum Gasteiger partial charge on any atom is -0.435 e. The van der Waals surface area contributed by atoms with Crippen molar-refractivity contribution in [2.75, 3.05) is 13.6 Å². The minimum atomic E-state index is -2.85. The van der Waals surface area contributed by atoms with Crippen LogP contribution in [-0.2, 0) is 13.6 Å². The normalized spacial score (nSPS) is 12.9. The fraction of sp³-hybridized carbons (Fsp3) is 0.400. The molecule has 0 radical (unpaired) electrons. The highest BCUT2D eigenvalue weighted by molar-refractivity contribution is 5.28. The summed E-state index contributed by atoms with van der Waals surface area (Å²) < 4.78 is 30.3. The second-order valence-electron chi connectivity index (χ2n) is 5.11. The van der Waals surface area contributed by atoms with Crippen LogP contribution in [0.15, 0.2) is 36.7 Å². The summed E-state index contributed by atoms with van der Waals surface area (Å²) in [5, 5.41) is 10.2. The van der Waals surface area contributed by atoms with E-state index in [2.05, 4.69) is 9.72 Å². The number of aliphatic hydroxyl groups is 1. The van der Waals surface area contributed by atoms with Gasteiger partial charge in [-0.1, -0.05) is 12.1 Å². The van der Waals surface area contributed by atoms with Gasteiger partial charge in [-0.3, -0.25) is 4.90 Å². The number of nitrogens with zero attached hydrogens (tertiary/aromatic N) is 3. The summed E-state index contributed by atoms with van der Waals surface area (Å²) in [6.45, 7) is -1.84. The van der Waals surface area contributed by atoms with Crippen LogP contribution in [0, 0.1) is 0 Å². The van der Waals surface area contributed by atoms with Gasteiger partial charge in [0.1, 0.15) is 11.6 Å². The van der Waals surface area contributed by atoms with E-state index in [1.807, 2.05) is 29.8 Å². The van der Waals surface area contributed by atoms with Crippen molar-refractivity contribution in [2.24, 2.45) is 7.05 Å². The van der Waals surface area contributed by atoms with Crippen molar-refractivity contribution in [1.82, 2.24) is 14.5 Å². The Bertz CT molecular complexity index is 587. The van der Waals surface area contributed by atoms with Crippen molar-refractivity contribution < 1.29 is 18.6 Å². The third-order valence-corrected chi connectivity index (χ3v) is 3.31. The number of benzene rings is 1. The van der Waals surface area contributed by atoms with Gasteiger partial charge >= 0.3 is 6.61 Å². The molecule has 0 aliphatic heterocycles. The second-order valence-corrected chi connectivity index (χ2v) is 5.11. The summed E-state index contributed by atoms with van der Waals surface area (Å²) in [5.74, 6) is 0.975. The molecule has 0 fully saturated rings. The summed E-state index contributed by atoms with van der Waals surface area (Å²) in [4.78, 5) is 6.17. The molecule has 2 aromatic rings. The highest BCUT2D eigenvalue weighted by atomic mass is 19.3. The third-order valence-electron chi connectivity index (χ3n) is 3.31. The van der Waals surface area contributed by atoms with E-state index in [-0.39, 0.29) is 5.75 Å². The molecule has 5 nitrogen and oxygen atoms in total. The molecule has 1 heterocycles. The number of likely N-dealkylation sites (N-methyl/N-ethyl adjacent to an activating group) is 1. The second kappa shape index (κ2) is 7.33. The van der Waals surface area contributed by atoms with Crippen LogP contribution in [-0.4, -0.2) is 39.8 Å². The van der Waals surface area contributed by atoms with E-state index < -0.39 is 12.7 Å². The van der Waals surface area contributed by atoms with Crippen LogP contribution >= 0.6 is 0 Å². The Balaban J connectivity index is 1.91. The smallest absolute Gasteiger partial charge is 0.387 e. The Morgan fingerprint density at radius 3 is 2.55 bits per heavy atom. The fourth-order valence-electron chi connectivity index (χ4n) is 2.13. The average Bonchev–Trinajstić information content (AvgIpc) is 2.84. The summed E-state index contributed by atoms with van der Waals surface area (Å²) in [7, 11) is 3.79. The molecule has 1 unspecified atom stereocenters. The number of aromatic nitrogens is 2. The maximum Gasteiger partial charge on any atom is 0.387 e. The molecule has 1 atom stereocenters. The highest BCUT2D eigenvalue weighted by Crippen LogP contribution is 2.20. The molecule has 1 aromatic carbocycles. The molecule has 7 heteroatoms. The van der Waals surface area contributed by atoms with E-state index in [1.165, 1.54) is 12.1 Å². The monoisotopic (exact) mass is 311 g/mol. The largest absolute Gasteiger partial charge is 0.435 e. The number of halogens is 2. The van der Waals surface area contributed by atoms with E-state index in [0.29, 0.717) is 18.7 Å². The van der Waals surface area contributed by atoms with Crippen molar-refractivity contribution in [2.45, 2.75) is 19.3 Å². The first kappa shape index (κ1) is 16.4. The molecule has 0 bridgehead atoms. The SMILES string of the molecule is CN(Cc1nccn1C)CC(O)c1ccc(OC(F)F)cc1. The van der Waals surface area contributed by atoms with Gasteiger partial charge in [-0.25, -0.2) is 4.98 Å². The number of hydrogen-bond acceptors (Lipinski definition) is 4. The van der Waals surface area contributed by atoms with Crippen molar-refractivity contribution in [3.8, 4) is 5.75 Å². The van der Waals surface area contributed by atoms with Crippen LogP contribution < -0.4 is 4.74 Å². The molecule has 0 aliphatic carbocycles. The van der Waals surface area contributed by atoms with Gasteiger partial charge in [0.15, 0.2) is 0 Å². The molecule has 1 N–H and O–H groups in total. The van der Waals surface area contributed by atoms with E-state index in [1.54, 1.807) is 18.3 Å². The lowest BCUT2D eigenvalue weighted by atomic mass is 10.1. The number of alkyl halides is 2. The zero-order chi connectivity index (χ0) is 16.1. The number of ether oxygens (including phenoxy) is 1. The number of rotatable bonds is 7. The standard InChI is InChI=1S/C15H19F2N3O2/c1-19(10-14-18-7-8-20(14)2)9-13(21)11-3-5-12(6-4-11)22-15(16)17/h3-8,13,15,21H,9-10H2,1-2H3. The maximum atomic E-state index is 12.1. The predicted octanol–water partition coefficient (Wildman–Crippen LogP) is 2.19. The van der Waals surface area contributed by atoms with Gasteiger partial charge in [-0.05, 0) is 24.7 Å². The number of aryl methyl sites for hydroxylation is 1. The third kappa shape index (κ3) is 4.51. The molecular formula is C15H19F2N3O2. The maximum absolute atomic E-state index is 12.1. The Hall–Kier alpha value is -1.99. The van der Waals surface area contributed by atoms with Gasteiger partial charge in [0.05, 0.1) is 12.6 Å². The average molecular weight is 311 g/mol. The van der Waals surface area contributed by atoms with Crippen molar-refractivity contribution in [3.05, 3.63) is 48.0 Å². The molecule has 22 heavy (non-hydrogen) atoms. The number of hydrogen-bond donors (Lipinski definition) is 1. The first-order chi connectivity index (χ1) is 10.5. The van der Waals surface area contributed by atoms with Gasteiger partial charge in [-0.15, -0.1) is 0 Å². The molecule has 0 spiro atoms. The summed E-state index contributed by atoms with van der Waals surface area (Å²) in [6, 6.07) is 6.00. The van der Waals surface area contributed by atoms with E-state index in [4.69, 9.17) is 0 Å². The Labute approximate surface area is 127 Å². The Morgan fingerprint density at radius 1 is 1.32 bits per heavy atom. The molecule has 1 aromatic heterocycles. The van der Waals surface area contributed by atoms with Gasteiger partial charge < -0.3 is 14.4 Å². The number of aliphatic hydroxyl groups excluding tert-OH is 1. The topological polar surface area (TPSA) is 50.5 Å². The van der Waals surface area contributed by atoms with Crippen LogP contribution in [0.25, 0.3) is 0 Å². The Morgan fingerprint density at radius 2 is 2.00 bits per heavy atom. The van der Waals surface area contributed by atoms with Gasteiger partial charge in [0, 0.05) is 26.0 Å². The summed E-state index contributed by atoms with van der Waals surface area (Å²) in [6.07, 6.45) is 2.87. The van der Waals surface area contributed by atoms with Crippen LogP contribution in [0.2, 0.25) is 0 Å². The molecule has 120 valence electrons. The zero-order valence-electron chi connectivity index (χ0n) is 12.5. The zero-order valence-corrected chi connectivity index (χ0v) is 12.5. The van der Waals surface area contributed by atoms with E-state index in [0.717, 1.165) is 5.82 Å². The molecule has 2 rings (SSSR count). The molecule has 0 aliphatic rings. The van der Waals surface area contributed by atoms with Crippen LogP contribution in [0.1, 0.15) is 17.5 Å². The van der Waals surface area contributed by atoms with Crippen molar-refractivity contribution >= 4 is 0 Å². The van der Waals surface area contributed by atoms with Crippen molar-refractivity contribution in [1.29, 1.82) is 0 Å². The lowest BCUT2D eigenvalue weighted by Gasteiger charge is -2.20. The van der Waals surface area contributed by atoms with Crippen LogP contribution in [0.3, 0.4) is 0 Å². The minimum absolute atomic E-state index is 0.0762. The van der Waals surface area contributed by atoms with Gasteiger partial charge in [0.25, 0.3) is 0 Å². The van der Waals surface area contributed by atoms with Crippen LogP contribution in [0.5, 0.6) is 5.75 Å². The van der Waals surface area contributed by atoms with Gasteiger partial charge in [0.2, 0.25) is 0 Å². The first-order valence-electron chi connectivity index (χ1n) is 6.83. The van der Waals surface area contributed by atoms with Crippen molar-refractivity contribution in [3.63, 3.8) is 0 Å². The highest BCUT2D eigenvalue weighted by Gasteiger charge is 2.13. The van der Waals surface area contributed by atoms with E-state index in [9.17, 15) is 13.9 Å². The summed E-state index contributed by atoms with van der Waals surface area (Å²) >= 11 is 0. The number of imidazole rings is 1. The fourth-order valence-corrected chi connectivity index (χ4v) is 2.13. The van der Waals surface area contributed by atoms with Gasteiger partial charge in [-0.2, -0.15) is 8.78 Å². The first-order valence-corrected chi connectivity index (χ1v) is 6.83. The Kier molecular flexibility index (Phi) is 5.46.